The van der Waals surface area contributed by atoms with E-state index in [9.17, 15) is 14.5 Å². The summed E-state index contributed by atoms with van der Waals surface area (Å²) < 4.78 is 19.4. The lowest BCUT2D eigenvalue weighted by Gasteiger charge is -2.20. The van der Waals surface area contributed by atoms with Gasteiger partial charge in [-0.05, 0) is 65.1 Å². The first-order chi connectivity index (χ1) is 10.6. The first-order valence-corrected chi connectivity index (χ1v) is 7.08. The second-order valence-corrected chi connectivity index (χ2v) is 5.46. The normalized spacial score (nSPS) is 15.4. The predicted molar refractivity (Wildman–Crippen MR) is 78.1 cm³/mol. The van der Waals surface area contributed by atoms with Crippen molar-refractivity contribution in [3.8, 4) is 5.75 Å². The summed E-state index contributed by atoms with van der Waals surface area (Å²) in [4.78, 5) is 14.2. The maximum Gasteiger partial charge on any atom is 0.406 e. The molecule has 1 saturated carbocycles. The van der Waals surface area contributed by atoms with E-state index >= 15 is 0 Å². The zero-order valence-electron chi connectivity index (χ0n) is 12.0. The summed E-state index contributed by atoms with van der Waals surface area (Å²) in [5.74, 6) is -0.286. The smallest absolute Gasteiger partial charge is 0.406 e. The fraction of sp³-hybridized carbons (Fsp3) is 0.312. The topological polar surface area (TPSA) is 65.3 Å². The molecule has 2 aromatic rings. The number of hydrogen-bond donors (Lipinski definition) is 0. The van der Waals surface area contributed by atoms with Gasteiger partial charge in [0, 0.05) is 5.92 Å². The fourth-order valence-electron chi connectivity index (χ4n) is 2.48. The average molecular weight is 302 g/mol. The Morgan fingerprint density at radius 3 is 2.86 bits per heavy atom. The molecule has 114 valence electrons. The standard InChI is InChI=1S/C16H15FN2O3/c1-10-4-7-12(17)9-13(10)15(11-5-6-11)22-14-3-2-8-18-16(14)19(20)21/h2-4,7-9,11,15H,5-6H2,1H3. The second kappa shape index (κ2) is 5.71. The minimum atomic E-state index is -0.572. The summed E-state index contributed by atoms with van der Waals surface area (Å²) in [7, 11) is 0. The van der Waals surface area contributed by atoms with Crippen molar-refractivity contribution in [2.75, 3.05) is 0 Å². The number of aryl methyl sites for hydroxylation is 1. The Hall–Kier alpha value is -2.50. The lowest BCUT2D eigenvalue weighted by atomic mass is 10.00. The van der Waals surface area contributed by atoms with Gasteiger partial charge in [-0.3, -0.25) is 0 Å². The van der Waals surface area contributed by atoms with Crippen LogP contribution in [-0.2, 0) is 0 Å². The Morgan fingerprint density at radius 1 is 1.41 bits per heavy atom. The van der Waals surface area contributed by atoms with E-state index in [1.165, 1.54) is 24.4 Å². The van der Waals surface area contributed by atoms with Gasteiger partial charge in [0.05, 0.1) is 0 Å². The third-order valence-electron chi connectivity index (χ3n) is 3.78. The zero-order valence-corrected chi connectivity index (χ0v) is 12.0. The van der Waals surface area contributed by atoms with Crippen LogP contribution in [0.5, 0.6) is 5.75 Å². The number of nitrogens with zero attached hydrogens (tertiary/aromatic N) is 2. The van der Waals surface area contributed by atoms with E-state index in [1.807, 2.05) is 6.92 Å². The van der Waals surface area contributed by atoms with Gasteiger partial charge in [-0.2, -0.15) is 0 Å². The van der Waals surface area contributed by atoms with Gasteiger partial charge in [0.2, 0.25) is 5.75 Å². The van der Waals surface area contributed by atoms with Gasteiger partial charge in [0.1, 0.15) is 18.1 Å². The summed E-state index contributed by atoms with van der Waals surface area (Å²) in [5.41, 5.74) is 1.64. The summed E-state index contributed by atoms with van der Waals surface area (Å²) >= 11 is 0. The van der Waals surface area contributed by atoms with Gasteiger partial charge in [-0.15, -0.1) is 0 Å². The van der Waals surface area contributed by atoms with Gasteiger partial charge < -0.3 is 14.9 Å². The van der Waals surface area contributed by atoms with Gasteiger partial charge in [-0.1, -0.05) is 6.07 Å². The summed E-state index contributed by atoms with van der Waals surface area (Å²) in [5, 5.41) is 11.0. The number of nitro groups is 1. The molecule has 0 spiro atoms. The largest absolute Gasteiger partial charge is 0.477 e. The monoisotopic (exact) mass is 302 g/mol. The number of aromatic nitrogens is 1. The summed E-state index contributed by atoms with van der Waals surface area (Å²) in [6.45, 7) is 1.88. The maximum absolute atomic E-state index is 13.6. The van der Waals surface area contributed by atoms with Crippen molar-refractivity contribution >= 4 is 5.82 Å². The third-order valence-corrected chi connectivity index (χ3v) is 3.78. The van der Waals surface area contributed by atoms with E-state index in [2.05, 4.69) is 4.98 Å². The van der Waals surface area contributed by atoms with Crippen LogP contribution in [0.25, 0.3) is 0 Å². The van der Waals surface area contributed by atoms with Crippen molar-refractivity contribution in [1.29, 1.82) is 0 Å². The molecule has 1 aromatic carbocycles. The van der Waals surface area contributed by atoms with Crippen LogP contribution in [0.3, 0.4) is 0 Å². The van der Waals surface area contributed by atoms with Gasteiger partial charge in [0.25, 0.3) is 0 Å². The number of halogens is 1. The Labute approximate surface area is 126 Å². The highest BCUT2D eigenvalue weighted by atomic mass is 19.1. The molecule has 0 saturated heterocycles. The Balaban J connectivity index is 1.97. The van der Waals surface area contributed by atoms with E-state index in [1.54, 1.807) is 12.1 Å². The molecule has 0 aliphatic heterocycles. The average Bonchev–Trinajstić information content (AvgIpc) is 3.32. The zero-order chi connectivity index (χ0) is 15.7. The number of ether oxygens (including phenoxy) is 1. The lowest BCUT2D eigenvalue weighted by molar-refractivity contribution is -0.390. The summed E-state index contributed by atoms with van der Waals surface area (Å²) in [6, 6.07) is 7.65. The maximum atomic E-state index is 13.6. The van der Waals surface area contributed by atoms with Crippen LogP contribution < -0.4 is 4.74 Å². The van der Waals surface area contributed by atoms with Crippen molar-refractivity contribution in [1.82, 2.24) is 4.98 Å². The van der Waals surface area contributed by atoms with Crippen LogP contribution in [0.4, 0.5) is 10.2 Å². The van der Waals surface area contributed by atoms with Gasteiger partial charge >= 0.3 is 5.82 Å². The van der Waals surface area contributed by atoms with Crippen LogP contribution in [0.15, 0.2) is 36.5 Å². The van der Waals surface area contributed by atoms with Crippen molar-refractivity contribution in [2.24, 2.45) is 5.92 Å². The molecule has 3 rings (SSSR count). The number of pyridine rings is 1. The molecule has 0 amide bonds. The molecule has 6 heteroatoms. The highest BCUT2D eigenvalue weighted by Gasteiger charge is 2.36. The first-order valence-electron chi connectivity index (χ1n) is 7.08. The van der Waals surface area contributed by atoms with Crippen LogP contribution in [-0.4, -0.2) is 9.91 Å². The third kappa shape index (κ3) is 2.90. The second-order valence-electron chi connectivity index (χ2n) is 5.46. The minimum Gasteiger partial charge on any atom is -0.477 e. The minimum absolute atomic E-state index is 0.119. The van der Waals surface area contributed by atoms with E-state index < -0.39 is 11.0 Å². The summed E-state index contributed by atoms with van der Waals surface area (Å²) in [6.07, 6.45) is 2.90. The molecule has 0 bridgehead atoms. The molecule has 5 nitrogen and oxygen atoms in total. The fourth-order valence-corrected chi connectivity index (χ4v) is 2.48. The van der Waals surface area contributed by atoms with E-state index in [4.69, 9.17) is 4.74 Å². The molecule has 0 N–H and O–H groups in total. The van der Waals surface area contributed by atoms with Gasteiger partial charge in [0.15, 0.2) is 0 Å². The Bertz CT molecular complexity index is 716. The number of rotatable bonds is 5. The molecule has 1 fully saturated rings. The van der Waals surface area contributed by atoms with Crippen LogP contribution in [0.2, 0.25) is 0 Å². The van der Waals surface area contributed by atoms with Gasteiger partial charge in [-0.25, -0.2) is 4.39 Å². The molecule has 1 aliphatic rings. The first kappa shape index (κ1) is 14.4. The predicted octanol–water partition coefficient (Wildman–Crippen LogP) is 3.97. The van der Waals surface area contributed by atoms with E-state index in [0.29, 0.717) is 0 Å². The van der Waals surface area contributed by atoms with Crippen LogP contribution in [0.1, 0.15) is 30.1 Å². The van der Waals surface area contributed by atoms with E-state index in [-0.39, 0.29) is 23.3 Å². The van der Waals surface area contributed by atoms with Crippen molar-refractivity contribution in [3.63, 3.8) is 0 Å². The van der Waals surface area contributed by atoms with Crippen molar-refractivity contribution in [3.05, 3.63) is 63.6 Å². The molecular formula is C16H15FN2O3. The van der Waals surface area contributed by atoms with Crippen molar-refractivity contribution < 1.29 is 14.1 Å². The molecule has 1 heterocycles. The Morgan fingerprint density at radius 2 is 2.18 bits per heavy atom. The number of benzene rings is 1. The molecule has 1 atom stereocenters. The van der Waals surface area contributed by atoms with E-state index in [0.717, 1.165) is 24.0 Å². The highest BCUT2D eigenvalue weighted by Crippen LogP contribution is 2.45. The quantitative estimate of drug-likeness (QED) is 0.619. The molecule has 1 unspecified atom stereocenters. The molecule has 1 aliphatic carbocycles. The lowest BCUT2D eigenvalue weighted by Crippen LogP contribution is -2.13. The van der Waals surface area contributed by atoms with Crippen LogP contribution in [0, 0.1) is 28.8 Å². The SMILES string of the molecule is Cc1ccc(F)cc1C(Oc1cccnc1[N+](=O)[O-])C1CC1. The molecule has 1 aromatic heterocycles. The number of hydrogen-bond acceptors (Lipinski definition) is 4. The molecule has 0 radical (unpaired) electrons. The van der Waals surface area contributed by atoms with Crippen LogP contribution >= 0.6 is 0 Å². The Kier molecular flexibility index (Phi) is 3.75. The molecular weight excluding hydrogens is 287 g/mol. The van der Waals surface area contributed by atoms with Crippen molar-refractivity contribution in [2.45, 2.75) is 25.9 Å². The molecule has 22 heavy (non-hydrogen) atoms. The highest BCUT2D eigenvalue weighted by molar-refractivity contribution is 5.40.